The molecule has 3 rings (SSSR count). The zero-order valence-electron chi connectivity index (χ0n) is 13.5. The van der Waals surface area contributed by atoms with Crippen molar-refractivity contribution in [2.75, 3.05) is 0 Å². The Morgan fingerprint density at radius 3 is 3.00 bits per heavy atom. The molecule has 1 aromatic carbocycles. The van der Waals surface area contributed by atoms with Crippen LogP contribution in [-0.2, 0) is 9.53 Å². The number of hydrogen-bond donors (Lipinski definition) is 1. The predicted molar refractivity (Wildman–Crippen MR) is 98.2 cm³/mol. The van der Waals surface area contributed by atoms with E-state index in [0.29, 0.717) is 17.0 Å². The van der Waals surface area contributed by atoms with Crippen molar-refractivity contribution in [2.24, 2.45) is 0 Å². The number of nitro benzene ring substituents is 1. The number of non-ortho nitro benzene ring substituents is 1. The molecule has 1 N–H and O–H groups in total. The standard InChI is InChI=1S/C17H13BrN4O4/c1-10(16-20-14-8-12(18)9-19-17(14)21-16)26-15(23)6-5-11-3-2-4-13(7-11)22(24)25/h2-10H,1H3,(H,19,20,21). The van der Waals surface area contributed by atoms with Gasteiger partial charge in [-0.15, -0.1) is 0 Å². The minimum absolute atomic E-state index is 0.0465. The molecule has 0 fully saturated rings. The van der Waals surface area contributed by atoms with Crippen LogP contribution in [-0.4, -0.2) is 25.8 Å². The predicted octanol–water partition coefficient (Wildman–Crippen LogP) is 3.95. The molecular formula is C17H13BrN4O4. The molecule has 8 nitrogen and oxygen atoms in total. The molecule has 0 aliphatic carbocycles. The van der Waals surface area contributed by atoms with Gasteiger partial charge in [0.25, 0.3) is 5.69 Å². The zero-order valence-corrected chi connectivity index (χ0v) is 15.1. The van der Waals surface area contributed by atoms with Crippen LogP contribution >= 0.6 is 15.9 Å². The third-order valence-electron chi connectivity index (χ3n) is 3.49. The van der Waals surface area contributed by atoms with Crippen LogP contribution in [0.3, 0.4) is 0 Å². The quantitative estimate of drug-likeness (QED) is 0.291. The van der Waals surface area contributed by atoms with E-state index in [2.05, 4.69) is 30.9 Å². The molecular weight excluding hydrogens is 404 g/mol. The van der Waals surface area contributed by atoms with Gasteiger partial charge in [0.05, 0.1) is 10.4 Å². The lowest BCUT2D eigenvalue weighted by atomic mass is 10.2. The highest BCUT2D eigenvalue weighted by Crippen LogP contribution is 2.20. The highest BCUT2D eigenvalue weighted by molar-refractivity contribution is 9.10. The summed E-state index contributed by atoms with van der Waals surface area (Å²) >= 11 is 3.33. The van der Waals surface area contributed by atoms with Crippen LogP contribution in [0, 0.1) is 10.1 Å². The van der Waals surface area contributed by atoms with E-state index in [-0.39, 0.29) is 5.69 Å². The highest BCUT2D eigenvalue weighted by atomic mass is 79.9. The first-order valence-corrected chi connectivity index (χ1v) is 8.36. The van der Waals surface area contributed by atoms with Crippen molar-refractivity contribution in [2.45, 2.75) is 13.0 Å². The van der Waals surface area contributed by atoms with Crippen molar-refractivity contribution in [3.63, 3.8) is 0 Å². The smallest absolute Gasteiger partial charge is 0.331 e. The number of carbonyl (C=O) groups excluding carboxylic acids is 1. The third-order valence-corrected chi connectivity index (χ3v) is 3.93. The maximum absolute atomic E-state index is 12.0. The number of pyridine rings is 1. The van der Waals surface area contributed by atoms with Crippen LogP contribution in [0.4, 0.5) is 5.69 Å². The van der Waals surface area contributed by atoms with Crippen molar-refractivity contribution < 1.29 is 14.5 Å². The van der Waals surface area contributed by atoms with Crippen molar-refractivity contribution in [1.29, 1.82) is 0 Å². The number of nitrogens with zero attached hydrogens (tertiary/aromatic N) is 3. The first-order valence-electron chi connectivity index (χ1n) is 7.56. The molecule has 0 saturated heterocycles. The second-order valence-corrected chi connectivity index (χ2v) is 6.33. The Morgan fingerprint density at radius 2 is 2.23 bits per heavy atom. The van der Waals surface area contributed by atoms with E-state index in [1.165, 1.54) is 24.3 Å². The van der Waals surface area contributed by atoms with E-state index in [0.717, 1.165) is 9.99 Å². The largest absolute Gasteiger partial charge is 0.451 e. The molecule has 0 amide bonds. The van der Waals surface area contributed by atoms with Gasteiger partial charge < -0.3 is 9.72 Å². The number of fused-ring (bicyclic) bond motifs is 1. The van der Waals surface area contributed by atoms with Crippen LogP contribution in [0.5, 0.6) is 0 Å². The molecule has 1 unspecified atom stereocenters. The number of aromatic nitrogens is 3. The summed E-state index contributed by atoms with van der Waals surface area (Å²) < 4.78 is 6.11. The summed E-state index contributed by atoms with van der Waals surface area (Å²) in [4.78, 5) is 33.8. The van der Waals surface area contributed by atoms with E-state index in [1.807, 2.05) is 6.07 Å². The van der Waals surface area contributed by atoms with Crippen molar-refractivity contribution in [1.82, 2.24) is 15.0 Å². The number of carbonyl (C=O) groups is 1. The van der Waals surface area contributed by atoms with Crippen LogP contribution in [0.25, 0.3) is 17.2 Å². The first-order chi connectivity index (χ1) is 12.4. The number of hydrogen-bond acceptors (Lipinski definition) is 6. The summed E-state index contributed by atoms with van der Waals surface area (Å²) in [6.45, 7) is 1.69. The average molecular weight is 417 g/mol. The molecule has 3 aromatic rings. The molecule has 2 aromatic heterocycles. The van der Waals surface area contributed by atoms with Gasteiger partial charge in [0.15, 0.2) is 11.8 Å². The molecule has 0 bridgehead atoms. The Bertz CT molecular complexity index is 1010. The first kappa shape index (κ1) is 17.7. The molecule has 2 heterocycles. The van der Waals surface area contributed by atoms with E-state index in [9.17, 15) is 14.9 Å². The summed E-state index contributed by atoms with van der Waals surface area (Å²) in [5, 5.41) is 10.8. The summed E-state index contributed by atoms with van der Waals surface area (Å²) in [6.07, 6.45) is 3.70. The fraction of sp³-hybridized carbons (Fsp3) is 0.118. The molecule has 0 aliphatic heterocycles. The van der Waals surface area contributed by atoms with Gasteiger partial charge in [-0.25, -0.2) is 14.8 Å². The van der Waals surface area contributed by atoms with E-state index in [4.69, 9.17) is 4.74 Å². The molecule has 0 spiro atoms. The van der Waals surface area contributed by atoms with Gasteiger partial charge in [0.1, 0.15) is 5.82 Å². The number of benzene rings is 1. The molecule has 9 heteroatoms. The number of imidazole rings is 1. The number of esters is 1. The van der Waals surface area contributed by atoms with Gasteiger partial charge in [-0.1, -0.05) is 12.1 Å². The van der Waals surface area contributed by atoms with E-state index >= 15 is 0 Å². The van der Waals surface area contributed by atoms with Gasteiger partial charge in [0.2, 0.25) is 0 Å². The minimum Gasteiger partial charge on any atom is -0.451 e. The Hall–Kier alpha value is -3.07. The SMILES string of the molecule is CC(OC(=O)C=Cc1cccc([N+](=O)[O-])c1)c1nc2ncc(Br)cc2[nH]1. The monoisotopic (exact) mass is 416 g/mol. The summed E-state index contributed by atoms with van der Waals surface area (Å²) in [5.41, 5.74) is 1.74. The lowest BCUT2D eigenvalue weighted by Crippen LogP contribution is -2.07. The van der Waals surface area contributed by atoms with Crippen LogP contribution in [0.1, 0.15) is 24.4 Å². The van der Waals surface area contributed by atoms with Crippen LogP contribution in [0.2, 0.25) is 0 Å². The Balaban J connectivity index is 1.68. The summed E-state index contributed by atoms with van der Waals surface area (Å²) in [7, 11) is 0. The van der Waals surface area contributed by atoms with Crippen molar-refractivity contribution in [3.8, 4) is 0 Å². The topological polar surface area (TPSA) is 111 Å². The fourth-order valence-electron chi connectivity index (χ4n) is 2.26. The maximum atomic E-state index is 12.0. The molecule has 132 valence electrons. The number of aromatic amines is 1. The number of ether oxygens (including phenoxy) is 1. The molecule has 1 atom stereocenters. The fourth-order valence-corrected chi connectivity index (χ4v) is 2.59. The van der Waals surface area contributed by atoms with Crippen LogP contribution < -0.4 is 0 Å². The van der Waals surface area contributed by atoms with Gasteiger partial charge in [-0.2, -0.15) is 0 Å². The molecule has 0 aliphatic rings. The third kappa shape index (κ3) is 4.12. The minimum atomic E-state index is -0.606. The zero-order chi connectivity index (χ0) is 18.7. The number of halogens is 1. The van der Waals surface area contributed by atoms with E-state index in [1.54, 1.807) is 25.3 Å². The summed E-state index contributed by atoms with van der Waals surface area (Å²) in [6, 6.07) is 7.78. The molecule has 0 radical (unpaired) electrons. The van der Waals surface area contributed by atoms with Crippen molar-refractivity contribution in [3.05, 3.63) is 68.6 Å². The second kappa shape index (κ2) is 7.44. The Morgan fingerprint density at radius 1 is 1.42 bits per heavy atom. The van der Waals surface area contributed by atoms with Gasteiger partial charge in [-0.05, 0) is 40.6 Å². The van der Waals surface area contributed by atoms with Gasteiger partial charge in [0, 0.05) is 28.9 Å². The lowest BCUT2D eigenvalue weighted by Gasteiger charge is -2.08. The van der Waals surface area contributed by atoms with Gasteiger partial charge in [-0.3, -0.25) is 10.1 Å². The normalized spacial score (nSPS) is 12.4. The Labute approximate surface area is 156 Å². The number of nitrogens with one attached hydrogen (secondary N) is 1. The average Bonchev–Trinajstić information content (AvgIpc) is 3.03. The van der Waals surface area contributed by atoms with E-state index < -0.39 is 17.0 Å². The Kier molecular flexibility index (Phi) is 5.08. The molecule has 0 saturated carbocycles. The highest BCUT2D eigenvalue weighted by Gasteiger charge is 2.15. The van der Waals surface area contributed by atoms with Crippen molar-refractivity contribution >= 4 is 44.8 Å². The lowest BCUT2D eigenvalue weighted by molar-refractivity contribution is -0.384. The maximum Gasteiger partial charge on any atom is 0.331 e. The van der Waals surface area contributed by atoms with Gasteiger partial charge >= 0.3 is 5.97 Å². The number of H-pyrrole nitrogens is 1. The number of nitro groups is 1. The van der Waals surface area contributed by atoms with Crippen LogP contribution in [0.15, 0.2) is 47.1 Å². The molecule has 26 heavy (non-hydrogen) atoms. The second-order valence-electron chi connectivity index (χ2n) is 5.41. The number of rotatable bonds is 5. The summed E-state index contributed by atoms with van der Waals surface area (Å²) in [5.74, 6) is -0.110.